The topological polar surface area (TPSA) is 70.2 Å². The van der Waals surface area contributed by atoms with Crippen LogP contribution in [0.3, 0.4) is 0 Å². The molecule has 1 aromatic carbocycles. The fourth-order valence-corrected chi connectivity index (χ4v) is 2.59. The average molecular weight is 348 g/mol. The zero-order chi connectivity index (χ0) is 19.4. The maximum absolute atomic E-state index is 12.4. The summed E-state index contributed by atoms with van der Waals surface area (Å²) < 4.78 is 0. The second kappa shape index (κ2) is 8.37. The Morgan fingerprint density at radius 2 is 1.40 bits per heavy atom. The minimum Gasteiger partial charge on any atom is -0.350 e. The smallest absolute Gasteiger partial charge is 0.319 e. The summed E-state index contributed by atoms with van der Waals surface area (Å²) >= 11 is 0. The first-order chi connectivity index (χ1) is 11.4. The Balaban J connectivity index is 2.92. The van der Waals surface area contributed by atoms with E-state index in [-0.39, 0.29) is 29.3 Å². The molecule has 0 aliphatic rings. The number of amides is 3. The van der Waals surface area contributed by atoms with E-state index < -0.39 is 6.04 Å². The zero-order valence-corrected chi connectivity index (χ0v) is 16.8. The average Bonchev–Trinajstić information content (AvgIpc) is 2.44. The van der Waals surface area contributed by atoms with Crippen LogP contribution in [0.25, 0.3) is 0 Å². The van der Waals surface area contributed by atoms with Crippen molar-refractivity contribution < 1.29 is 9.59 Å². The van der Waals surface area contributed by atoms with Gasteiger partial charge in [0.2, 0.25) is 5.91 Å². The number of rotatable bonds is 5. The van der Waals surface area contributed by atoms with Crippen molar-refractivity contribution >= 4 is 17.6 Å². The van der Waals surface area contributed by atoms with Gasteiger partial charge < -0.3 is 16.0 Å². The first kappa shape index (κ1) is 21.0. The molecule has 0 unspecified atom stereocenters. The van der Waals surface area contributed by atoms with Crippen LogP contribution in [-0.4, -0.2) is 23.5 Å². The maximum atomic E-state index is 12.4. The van der Waals surface area contributed by atoms with Gasteiger partial charge in [-0.3, -0.25) is 4.79 Å². The Labute approximate surface area is 152 Å². The van der Waals surface area contributed by atoms with Gasteiger partial charge in [0.1, 0.15) is 6.04 Å². The second-order valence-electron chi connectivity index (χ2n) is 8.18. The quantitative estimate of drug-likeness (QED) is 0.741. The predicted molar refractivity (Wildman–Crippen MR) is 104 cm³/mol. The van der Waals surface area contributed by atoms with Crippen molar-refractivity contribution in [1.82, 2.24) is 10.6 Å². The fourth-order valence-electron chi connectivity index (χ4n) is 2.59. The summed E-state index contributed by atoms with van der Waals surface area (Å²) in [5, 5.41) is 8.55. The molecule has 0 saturated carbocycles. The fraction of sp³-hybridized carbons (Fsp3) is 0.600. The van der Waals surface area contributed by atoms with Gasteiger partial charge in [0.15, 0.2) is 0 Å². The molecule has 140 valence electrons. The lowest BCUT2D eigenvalue weighted by atomic mass is 9.93. The standard InChI is InChI=1S/C20H33N3O2/c1-12(2)15-10-9-11-16(13(3)4)17(15)22-19(25)21-14(5)18(24)23-20(6,7)8/h9-14H,1-8H3,(H,23,24)(H2,21,22,25)/t14-/m1/s1. The van der Waals surface area contributed by atoms with E-state index in [2.05, 4.69) is 43.6 Å². The summed E-state index contributed by atoms with van der Waals surface area (Å²) in [7, 11) is 0. The normalized spacial score (nSPS) is 12.9. The highest BCUT2D eigenvalue weighted by Gasteiger charge is 2.22. The number of carbonyl (C=O) groups excluding carboxylic acids is 2. The number of hydrogen-bond donors (Lipinski definition) is 3. The first-order valence-corrected chi connectivity index (χ1v) is 8.94. The molecule has 0 saturated heterocycles. The molecule has 3 N–H and O–H groups in total. The summed E-state index contributed by atoms with van der Waals surface area (Å²) in [4.78, 5) is 24.6. The molecule has 3 amide bonds. The SMILES string of the molecule is CC(C)c1cccc(C(C)C)c1NC(=O)N[C@H](C)C(=O)NC(C)(C)C. The molecule has 5 nitrogen and oxygen atoms in total. The van der Waals surface area contributed by atoms with Crippen LogP contribution in [0.5, 0.6) is 0 Å². The molecule has 1 atom stereocenters. The molecule has 0 aliphatic heterocycles. The molecule has 0 spiro atoms. The van der Waals surface area contributed by atoms with Crippen LogP contribution >= 0.6 is 0 Å². The number of carbonyl (C=O) groups is 2. The van der Waals surface area contributed by atoms with Gasteiger partial charge in [0, 0.05) is 11.2 Å². The summed E-state index contributed by atoms with van der Waals surface area (Å²) in [6.45, 7) is 15.8. The highest BCUT2D eigenvalue weighted by atomic mass is 16.2. The molecule has 1 rings (SSSR count). The van der Waals surface area contributed by atoms with Crippen molar-refractivity contribution in [3.8, 4) is 0 Å². The van der Waals surface area contributed by atoms with E-state index in [1.807, 2.05) is 39.0 Å². The molecule has 25 heavy (non-hydrogen) atoms. The lowest BCUT2D eigenvalue weighted by molar-refractivity contribution is -0.123. The molecule has 0 radical (unpaired) electrons. The van der Waals surface area contributed by atoms with Crippen LogP contribution in [-0.2, 0) is 4.79 Å². The number of para-hydroxylation sites is 1. The van der Waals surface area contributed by atoms with Crippen molar-refractivity contribution in [2.24, 2.45) is 0 Å². The van der Waals surface area contributed by atoms with E-state index in [1.165, 1.54) is 0 Å². The van der Waals surface area contributed by atoms with Gasteiger partial charge in [-0.1, -0.05) is 45.9 Å². The number of nitrogens with one attached hydrogen (secondary N) is 3. The number of urea groups is 1. The van der Waals surface area contributed by atoms with Gasteiger partial charge in [-0.15, -0.1) is 0 Å². The van der Waals surface area contributed by atoms with E-state index in [9.17, 15) is 9.59 Å². The van der Waals surface area contributed by atoms with Gasteiger partial charge in [-0.2, -0.15) is 0 Å². The highest BCUT2D eigenvalue weighted by molar-refractivity contribution is 5.95. The molecule has 0 bridgehead atoms. The minimum atomic E-state index is -0.618. The molecule has 5 heteroatoms. The summed E-state index contributed by atoms with van der Waals surface area (Å²) in [5.74, 6) is 0.370. The van der Waals surface area contributed by atoms with Crippen LogP contribution < -0.4 is 16.0 Å². The van der Waals surface area contributed by atoms with Crippen molar-refractivity contribution in [3.05, 3.63) is 29.3 Å². The van der Waals surface area contributed by atoms with Crippen molar-refractivity contribution in [1.29, 1.82) is 0 Å². The monoisotopic (exact) mass is 347 g/mol. The van der Waals surface area contributed by atoms with Gasteiger partial charge >= 0.3 is 6.03 Å². The van der Waals surface area contributed by atoms with Crippen LogP contribution in [0.2, 0.25) is 0 Å². The van der Waals surface area contributed by atoms with Gasteiger partial charge in [-0.05, 0) is 50.7 Å². The Morgan fingerprint density at radius 3 is 1.80 bits per heavy atom. The molecule has 0 aromatic heterocycles. The van der Waals surface area contributed by atoms with E-state index in [4.69, 9.17) is 0 Å². The summed E-state index contributed by atoms with van der Waals surface area (Å²) in [6.07, 6.45) is 0. The van der Waals surface area contributed by atoms with E-state index >= 15 is 0 Å². The molecular weight excluding hydrogens is 314 g/mol. The third-order valence-corrected chi connectivity index (χ3v) is 3.85. The lowest BCUT2D eigenvalue weighted by Gasteiger charge is -2.24. The van der Waals surface area contributed by atoms with E-state index in [1.54, 1.807) is 6.92 Å². The van der Waals surface area contributed by atoms with Crippen molar-refractivity contribution in [2.75, 3.05) is 5.32 Å². The Kier molecular flexibility index (Phi) is 7.03. The second-order valence-corrected chi connectivity index (χ2v) is 8.18. The zero-order valence-electron chi connectivity index (χ0n) is 16.8. The Morgan fingerprint density at radius 1 is 0.920 bits per heavy atom. The predicted octanol–water partition coefficient (Wildman–Crippen LogP) is 4.36. The summed E-state index contributed by atoms with van der Waals surface area (Å²) in [5.41, 5.74) is 2.69. The Bertz CT molecular complexity index is 590. The molecular formula is C20H33N3O2. The van der Waals surface area contributed by atoms with Crippen LogP contribution in [0.15, 0.2) is 18.2 Å². The number of benzene rings is 1. The van der Waals surface area contributed by atoms with Crippen molar-refractivity contribution in [3.63, 3.8) is 0 Å². The molecule has 0 heterocycles. The minimum absolute atomic E-state index is 0.205. The van der Waals surface area contributed by atoms with Crippen LogP contribution in [0.4, 0.5) is 10.5 Å². The molecule has 1 aromatic rings. The van der Waals surface area contributed by atoms with Crippen LogP contribution in [0.1, 0.15) is 78.4 Å². The lowest BCUT2D eigenvalue weighted by Crippen LogP contribution is -2.51. The van der Waals surface area contributed by atoms with Gasteiger partial charge in [-0.25, -0.2) is 4.79 Å². The third kappa shape index (κ3) is 6.40. The third-order valence-electron chi connectivity index (χ3n) is 3.85. The van der Waals surface area contributed by atoms with E-state index in [0.29, 0.717) is 0 Å². The molecule has 0 aliphatic carbocycles. The first-order valence-electron chi connectivity index (χ1n) is 8.94. The number of anilines is 1. The van der Waals surface area contributed by atoms with Gasteiger partial charge in [0.25, 0.3) is 0 Å². The van der Waals surface area contributed by atoms with Gasteiger partial charge in [0.05, 0.1) is 0 Å². The largest absolute Gasteiger partial charge is 0.350 e. The molecule has 0 fully saturated rings. The van der Waals surface area contributed by atoms with E-state index in [0.717, 1.165) is 16.8 Å². The summed E-state index contributed by atoms with van der Waals surface area (Å²) in [6, 6.07) is 5.09. The number of hydrogen-bond acceptors (Lipinski definition) is 2. The maximum Gasteiger partial charge on any atom is 0.319 e. The van der Waals surface area contributed by atoms with Crippen molar-refractivity contribution in [2.45, 2.75) is 78.8 Å². The van der Waals surface area contributed by atoms with Crippen LogP contribution in [0, 0.1) is 0 Å². The Hall–Kier alpha value is -2.04. The highest BCUT2D eigenvalue weighted by Crippen LogP contribution is 2.32.